The van der Waals surface area contributed by atoms with Gasteiger partial charge in [0.25, 0.3) is 0 Å². The topological polar surface area (TPSA) is 46.8 Å². The minimum absolute atomic E-state index is 0. The molecule has 0 aliphatic heterocycles. The number of ether oxygens (including phenoxy) is 1. The second-order valence-electron chi connectivity index (χ2n) is 6.00. The number of pyridine rings is 1. The summed E-state index contributed by atoms with van der Waals surface area (Å²) in [4.78, 5) is 17.8. The first-order valence-electron chi connectivity index (χ1n) is 8.20. The number of fused-ring (bicyclic) bond motifs is 1. The van der Waals surface area contributed by atoms with Gasteiger partial charge in [0.15, 0.2) is 11.4 Å². The van der Waals surface area contributed by atoms with E-state index >= 15 is 0 Å². The summed E-state index contributed by atoms with van der Waals surface area (Å²) in [5.41, 5.74) is 2.90. The molecule has 0 saturated carbocycles. The standard InChI is InChI=1S/C19H19Cl2N3O2S.ClH/c1-11-19(27-4)24-9-5-6-16(18(24)22-11)26-10-13-14(20)7-8-15(17(13)21)23(3)12(2)25;/h5-9H,10H2,1-4H3;1H. The first kappa shape index (κ1) is 22.7. The maximum absolute atomic E-state index is 11.7. The molecule has 5 nitrogen and oxygen atoms in total. The van der Waals surface area contributed by atoms with Crippen molar-refractivity contribution >= 4 is 64.6 Å². The smallest absolute Gasteiger partial charge is 0.223 e. The van der Waals surface area contributed by atoms with Crippen LogP contribution < -0.4 is 9.64 Å². The third-order valence-corrected chi connectivity index (χ3v) is 5.95. The van der Waals surface area contributed by atoms with Gasteiger partial charge in [-0.15, -0.1) is 24.2 Å². The number of carbonyl (C=O) groups excluding carboxylic acids is 1. The highest BCUT2D eigenvalue weighted by Crippen LogP contribution is 2.35. The van der Waals surface area contributed by atoms with Gasteiger partial charge in [-0.2, -0.15) is 0 Å². The first-order chi connectivity index (χ1) is 12.8. The number of imidazole rings is 1. The van der Waals surface area contributed by atoms with Gasteiger partial charge in [0.2, 0.25) is 5.91 Å². The molecule has 0 saturated heterocycles. The summed E-state index contributed by atoms with van der Waals surface area (Å²) in [6.45, 7) is 3.61. The summed E-state index contributed by atoms with van der Waals surface area (Å²) < 4.78 is 8.01. The molecule has 0 N–H and O–H groups in total. The molecule has 0 unspecified atom stereocenters. The lowest BCUT2D eigenvalue weighted by Crippen LogP contribution is -2.23. The Morgan fingerprint density at radius 2 is 2.04 bits per heavy atom. The van der Waals surface area contributed by atoms with Crippen molar-refractivity contribution in [3.63, 3.8) is 0 Å². The van der Waals surface area contributed by atoms with Crippen molar-refractivity contribution in [2.75, 3.05) is 18.2 Å². The van der Waals surface area contributed by atoms with Crippen molar-refractivity contribution in [3.05, 3.63) is 51.8 Å². The van der Waals surface area contributed by atoms with Crippen LogP contribution in [0.4, 0.5) is 5.69 Å². The third-order valence-electron chi connectivity index (χ3n) is 4.30. The first-order valence-corrected chi connectivity index (χ1v) is 10.2. The van der Waals surface area contributed by atoms with Gasteiger partial charge in [-0.25, -0.2) is 4.98 Å². The number of carbonyl (C=O) groups is 1. The highest BCUT2D eigenvalue weighted by molar-refractivity contribution is 7.98. The third kappa shape index (κ3) is 4.20. The van der Waals surface area contributed by atoms with Crippen LogP contribution in [0.1, 0.15) is 18.2 Å². The van der Waals surface area contributed by atoms with Crippen LogP contribution in [0, 0.1) is 6.92 Å². The lowest BCUT2D eigenvalue weighted by molar-refractivity contribution is -0.116. The van der Waals surface area contributed by atoms with Crippen LogP contribution in [0.15, 0.2) is 35.5 Å². The van der Waals surface area contributed by atoms with E-state index in [1.54, 1.807) is 30.9 Å². The maximum Gasteiger partial charge on any atom is 0.223 e. The van der Waals surface area contributed by atoms with Crippen molar-refractivity contribution < 1.29 is 9.53 Å². The number of benzene rings is 1. The highest BCUT2D eigenvalue weighted by atomic mass is 35.5. The Bertz CT molecular complexity index is 1020. The van der Waals surface area contributed by atoms with Gasteiger partial charge in [0.05, 0.1) is 16.4 Å². The Hall–Kier alpha value is -1.60. The van der Waals surface area contributed by atoms with E-state index in [1.807, 2.05) is 35.9 Å². The number of anilines is 1. The van der Waals surface area contributed by atoms with E-state index in [-0.39, 0.29) is 24.9 Å². The molecule has 9 heteroatoms. The number of halogens is 3. The quantitative estimate of drug-likeness (QED) is 0.461. The largest absolute Gasteiger partial charge is 0.485 e. The van der Waals surface area contributed by atoms with Crippen molar-refractivity contribution in [2.24, 2.45) is 0 Å². The van der Waals surface area contributed by atoms with Crippen LogP contribution >= 0.6 is 47.4 Å². The summed E-state index contributed by atoms with van der Waals surface area (Å²) in [5.74, 6) is 0.520. The Kier molecular flexibility index (Phi) is 7.51. The normalized spacial score (nSPS) is 10.6. The molecule has 0 fully saturated rings. The van der Waals surface area contributed by atoms with Crippen LogP contribution in [0.2, 0.25) is 10.0 Å². The maximum atomic E-state index is 11.7. The summed E-state index contributed by atoms with van der Waals surface area (Å²) in [7, 11) is 1.67. The highest BCUT2D eigenvalue weighted by Gasteiger charge is 2.17. The van der Waals surface area contributed by atoms with Crippen LogP contribution in [0.25, 0.3) is 5.65 Å². The number of hydrogen-bond donors (Lipinski definition) is 0. The predicted octanol–water partition coefficient (Wildman–Crippen LogP) is 5.65. The van der Waals surface area contributed by atoms with E-state index < -0.39 is 0 Å². The van der Waals surface area contributed by atoms with Crippen LogP contribution in [-0.4, -0.2) is 28.6 Å². The van der Waals surface area contributed by atoms with E-state index in [9.17, 15) is 4.79 Å². The number of thioether (sulfide) groups is 1. The molecular formula is C19H20Cl3N3O2S. The Morgan fingerprint density at radius 1 is 1.32 bits per heavy atom. The lowest BCUT2D eigenvalue weighted by Gasteiger charge is -2.19. The second-order valence-corrected chi connectivity index (χ2v) is 7.58. The average Bonchev–Trinajstić information content (AvgIpc) is 2.96. The van der Waals surface area contributed by atoms with E-state index in [0.29, 0.717) is 27.0 Å². The summed E-state index contributed by atoms with van der Waals surface area (Å²) >= 11 is 14.5. The molecule has 0 bridgehead atoms. The molecule has 2 aromatic heterocycles. The fraction of sp³-hybridized carbons (Fsp3) is 0.263. The van der Waals surface area contributed by atoms with Gasteiger partial charge in [0, 0.05) is 30.8 Å². The van der Waals surface area contributed by atoms with Gasteiger partial charge in [-0.1, -0.05) is 23.2 Å². The van der Waals surface area contributed by atoms with Gasteiger partial charge in [-0.3, -0.25) is 9.20 Å². The molecule has 0 atom stereocenters. The Balaban J connectivity index is 0.00000280. The lowest BCUT2D eigenvalue weighted by atomic mass is 10.2. The molecule has 0 spiro atoms. The van der Waals surface area contributed by atoms with Crippen molar-refractivity contribution in [2.45, 2.75) is 25.5 Å². The molecule has 0 aliphatic carbocycles. The zero-order valence-electron chi connectivity index (χ0n) is 15.8. The van der Waals surface area contributed by atoms with E-state index in [1.165, 1.54) is 11.8 Å². The Labute approximate surface area is 184 Å². The molecule has 28 heavy (non-hydrogen) atoms. The van der Waals surface area contributed by atoms with Gasteiger partial charge < -0.3 is 9.64 Å². The van der Waals surface area contributed by atoms with E-state index in [4.69, 9.17) is 27.9 Å². The number of amides is 1. The molecule has 3 aromatic rings. The second kappa shape index (κ2) is 9.27. The summed E-state index contributed by atoms with van der Waals surface area (Å²) in [6.07, 6.45) is 3.97. The fourth-order valence-corrected chi connectivity index (χ4v) is 4.08. The Morgan fingerprint density at radius 3 is 2.68 bits per heavy atom. The zero-order chi connectivity index (χ0) is 19.7. The van der Waals surface area contributed by atoms with Crippen molar-refractivity contribution in [3.8, 4) is 5.75 Å². The van der Waals surface area contributed by atoms with Gasteiger partial charge >= 0.3 is 0 Å². The zero-order valence-corrected chi connectivity index (χ0v) is 19.0. The molecule has 2 heterocycles. The van der Waals surface area contributed by atoms with E-state index in [0.717, 1.165) is 16.4 Å². The molecular weight excluding hydrogens is 441 g/mol. The molecule has 0 aliphatic rings. The van der Waals surface area contributed by atoms with Crippen LogP contribution in [0.5, 0.6) is 5.75 Å². The average molecular weight is 461 g/mol. The minimum atomic E-state index is -0.117. The molecule has 3 rings (SSSR count). The number of rotatable bonds is 5. The van der Waals surface area contributed by atoms with Crippen LogP contribution in [0.3, 0.4) is 0 Å². The van der Waals surface area contributed by atoms with Crippen LogP contribution in [-0.2, 0) is 11.4 Å². The molecule has 150 valence electrons. The van der Waals surface area contributed by atoms with Gasteiger partial charge in [-0.05, 0) is 37.4 Å². The molecule has 1 amide bonds. The summed E-state index contributed by atoms with van der Waals surface area (Å²) in [5, 5.41) is 1.95. The van der Waals surface area contributed by atoms with Crippen molar-refractivity contribution in [1.29, 1.82) is 0 Å². The number of nitrogens with zero attached hydrogens (tertiary/aromatic N) is 3. The number of aryl methyl sites for hydroxylation is 1. The minimum Gasteiger partial charge on any atom is -0.485 e. The summed E-state index contributed by atoms with van der Waals surface area (Å²) in [6, 6.07) is 7.21. The fourth-order valence-electron chi connectivity index (χ4n) is 2.79. The number of hydrogen-bond acceptors (Lipinski definition) is 4. The predicted molar refractivity (Wildman–Crippen MR) is 119 cm³/mol. The number of aromatic nitrogens is 2. The SMILES string of the molecule is CSc1c(C)nc2c(OCc3c(Cl)ccc(N(C)C(C)=O)c3Cl)cccn12.Cl. The van der Waals surface area contributed by atoms with E-state index in [2.05, 4.69) is 4.98 Å². The monoisotopic (exact) mass is 459 g/mol. The van der Waals surface area contributed by atoms with Gasteiger partial charge in [0.1, 0.15) is 11.6 Å². The molecule has 0 radical (unpaired) electrons. The molecule has 1 aromatic carbocycles. The van der Waals surface area contributed by atoms with Crippen molar-refractivity contribution in [1.82, 2.24) is 9.38 Å².